The second-order valence-corrected chi connectivity index (χ2v) is 5.13. The van der Waals surface area contributed by atoms with Crippen LogP contribution in [0.25, 0.3) is 11.1 Å². The summed E-state index contributed by atoms with van der Waals surface area (Å²) < 4.78 is 5.53. The molecule has 108 valence electrons. The lowest BCUT2D eigenvalue weighted by Crippen LogP contribution is -2.02. The van der Waals surface area contributed by atoms with Gasteiger partial charge >= 0.3 is 0 Å². The summed E-state index contributed by atoms with van der Waals surface area (Å²) in [6.07, 6.45) is 3.42. The topological polar surface area (TPSA) is 74.9 Å². The molecule has 0 amide bonds. The fourth-order valence-electron chi connectivity index (χ4n) is 2.23. The van der Waals surface area contributed by atoms with Crippen molar-refractivity contribution in [2.45, 2.75) is 18.9 Å². The molecular weight excluding hydrogens is 290 g/mol. The zero-order valence-electron chi connectivity index (χ0n) is 11.2. The minimum Gasteiger partial charge on any atom is -0.469 e. The Kier molecular flexibility index (Phi) is 4.03. The Morgan fingerprint density at radius 3 is 3.00 bits per heavy atom. The molecule has 0 saturated carbocycles. The van der Waals surface area contributed by atoms with Gasteiger partial charge in [-0.15, -0.1) is 0 Å². The van der Waals surface area contributed by atoms with Gasteiger partial charge in [-0.05, 0) is 30.2 Å². The summed E-state index contributed by atoms with van der Waals surface area (Å²) in [7, 11) is 0. The van der Waals surface area contributed by atoms with Gasteiger partial charge in [-0.2, -0.15) is 5.10 Å². The summed E-state index contributed by atoms with van der Waals surface area (Å²) in [6, 6.07) is 9.51. The molecule has 5 nitrogen and oxygen atoms in total. The third-order valence-corrected chi connectivity index (χ3v) is 3.51. The molecule has 3 rings (SSSR count). The number of hydrogen-bond donors (Lipinski definition) is 2. The van der Waals surface area contributed by atoms with Crippen LogP contribution in [0.4, 0.5) is 0 Å². The molecule has 0 saturated heterocycles. The van der Waals surface area contributed by atoms with Gasteiger partial charge in [0.05, 0.1) is 6.26 Å². The summed E-state index contributed by atoms with van der Waals surface area (Å²) in [5.74, 6) is 1.28. The van der Waals surface area contributed by atoms with Gasteiger partial charge in [-0.25, -0.2) is 4.98 Å². The van der Waals surface area contributed by atoms with Crippen LogP contribution in [0, 0.1) is 0 Å². The van der Waals surface area contributed by atoms with Gasteiger partial charge < -0.3 is 9.52 Å². The summed E-state index contributed by atoms with van der Waals surface area (Å²) in [5, 5.41) is 17.1. The van der Waals surface area contributed by atoms with Crippen LogP contribution in [0.2, 0.25) is 5.02 Å². The van der Waals surface area contributed by atoms with E-state index >= 15 is 0 Å². The highest BCUT2D eigenvalue weighted by atomic mass is 35.5. The number of rotatable bonds is 5. The first-order valence-electron chi connectivity index (χ1n) is 6.59. The number of aromatic amines is 1. The molecule has 3 aromatic rings. The van der Waals surface area contributed by atoms with E-state index in [0.717, 1.165) is 16.9 Å². The van der Waals surface area contributed by atoms with Crippen molar-refractivity contribution < 1.29 is 9.52 Å². The van der Waals surface area contributed by atoms with Crippen LogP contribution in [0.5, 0.6) is 0 Å². The van der Waals surface area contributed by atoms with Crippen LogP contribution in [-0.4, -0.2) is 20.3 Å². The van der Waals surface area contributed by atoms with Gasteiger partial charge in [0.15, 0.2) is 5.82 Å². The van der Waals surface area contributed by atoms with Crippen molar-refractivity contribution in [2.75, 3.05) is 0 Å². The Morgan fingerprint density at radius 1 is 1.33 bits per heavy atom. The molecule has 0 bridgehead atoms. The van der Waals surface area contributed by atoms with Gasteiger partial charge in [0.25, 0.3) is 0 Å². The van der Waals surface area contributed by atoms with Gasteiger partial charge in [-0.3, -0.25) is 5.10 Å². The second-order valence-electron chi connectivity index (χ2n) is 4.69. The monoisotopic (exact) mass is 303 g/mol. The predicted molar refractivity (Wildman–Crippen MR) is 78.8 cm³/mol. The lowest BCUT2D eigenvalue weighted by molar-refractivity contribution is 0.156. The van der Waals surface area contributed by atoms with Crippen LogP contribution in [0.15, 0.2) is 47.3 Å². The van der Waals surface area contributed by atoms with E-state index in [2.05, 4.69) is 15.2 Å². The third-order valence-electron chi connectivity index (χ3n) is 3.28. The molecule has 1 atom stereocenters. The normalized spacial score (nSPS) is 12.5. The quantitative estimate of drug-likeness (QED) is 0.757. The molecule has 2 heterocycles. The molecule has 6 heteroatoms. The number of halogens is 1. The van der Waals surface area contributed by atoms with Gasteiger partial charge in [-0.1, -0.05) is 23.7 Å². The van der Waals surface area contributed by atoms with Crippen molar-refractivity contribution in [3.05, 3.63) is 59.5 Å². The number of benzene rings is 1. The van der Waals surface area contributed by atoms with Gasteiger partial charge in [0.1, 0.15) is 18.2 Å². The SMILES string of the molecule is OC(CCc1occc1-c1cccc(Cl)c1)c1ncn[nH]1. The van der Waals surface area contributed by atoms with E-state index in [0.29, 0.717) is 23.7 Å². The van der Waals surface area contributed by atoms with E-state index in [9.17, 15) is 5.11 Å². The van der Waals surface area contributed by atoms with Crippen LogP contribution in [0.1, 0.15) is 24.1 Å². The molecule has 2 aromatic heterocycles. The number of aliphatic hydroxyl groups excluding tert-OH is 1. The Bertz CT molecular complexity index is 709. The van der Waals surface area contributed by atoms with Crippen LogP contribution < -0.4 is 0 Å². The van der Waals surface area contributed by atoms with Crippen molar-refractivity contribution in [3.8, 4) is 11.1 Å². The lowest BCUT2D eigenvalue weighted by Gasteiger charge is -2.07. The molecule has 0 fully saturated rings. The highest BCUT2D eigenvalue weighted by Crippen LogP contribution is 2.29. The molecule has 1 unspecified atom stereocenters. The van der Waals surface area contributed by atoms with Gasteiger partial charge in [0.2, 0.25) is 0 Å². The van der Waals surface area contributed by atoms with E-state index in [1.165, 1.54) is 6.33 Å². The number of aryl methyl sites for hydroxylation is 1. The molecule has 0 spiro atoms. The Balaban J connectivity index is 1.74. The smallest absolute Gasteiger partial charge is 0.153 e. The molecule has 1 aromatic carbocycles. The number of H-pyrrole nitrogens is 1. The molecular formula is C15H14ClN3O2. The lowest BCUT2D eigenvalue weighted by atomic mass is 10.0. The van der Waals surface area contributed by atoms with Crippen molar-refractivity contribution in [1.29, 1.82) is 0 Å². The Hall–Kier alpha value is -2.11. The largest absolute Gasteiger partial charge is 0.469 e. The molecule has 2 N–H and O–H groups in total. The number of aliphatic hydroxyl groups is 1. The first-order chi connectivity index (χ1) is 10.2. The van der Waals surface area contributed by atoms with Crippen molar-refractivity contribution >= 4 is 11.6 Å². The summed E-state index contributed by atoms with van der Waals surface area (Å²) >= 11 is 6.02. The van der Waals surface area contributed by atoms with E-state index < -0.39 is 6.10 Å². The standard InChI is InChI=1S/C15H14ClN3O2/c16-11-3-1-2-10(8-11)12-6-7-21-14(12)5-4-13(20)15-17-9-18-19-15/h1-3,6-9,13,20H,4-5H2,(H,17,18,19). The average molecular weight is 304 g/mol. The van der Waals surface area contributed by atoms with E-state index in [-0.39, 0.29) is 0 Å². The number of hydrogen-bond acceptors (Lipinski definition) is 4. The maximum atomic E-state index is 10.0. The van der Waals surface area contributed by atoms with Crippen LogP contribution >= 0.6 is 11.6 Å². The molecule has 0 aliphatic heterocycles. The average Bonchev–Trinajstić information content (AvgIpc) is 3.16. The maximum absolute atomic E-state index is 10.0. The predicted octanol–water partition coefficient (Wildman–Crippen LogP) is 3.38. The summed E-state index contributed by atoms with van der Waals surface area (Å²) in [4.78, 5) is 3.94. The fourth-order valence-corrected chi connectivity index (χ4v) is 2.42. The Morgan fingerprint density at radius 2 is 2.24 bits per heavy atom. The maximum Gasteiger partial charge on any atom is 0.153 e. The fraction of sp³-hybridized carbons (Fsp3) is 0.200. The zero-order valence-corrected chi connectivity index (χ0v) is 11.9. The molecule has 0 radical (unpaired) electrons. The third kappa shape index (κ3) is 3.15. The first kappa shape index (κ1) is 13.9. The van der Waals surface area contributed by atoms with E-state index in [1.54, 1.807) is 6.26 Å². The van der Waals surface area contributed by atoms with Crippen molar-refractivity contribution in [3.63, 3.8) is 0 Å². The molecule has 0 aliphatic rings. The minimum atomic E-state index is -0.690. The van der Waals surface area contributed by atoms with Gasteiger partial charge in [0, 0.05) is 17.0 Å². The number of nitrogens with one attached hydrogen (secondary N) is 1. The van der Waals surface area contributed by atoms with E-state index in [4.69, 9.17) is 16.0 Å². The second kappa shape index (κ2) is 6.11. The number of aromatic nitrogens is 3. The number of furan rings is 1. The highest BCUT2D eigenvalue weighted by Gasteiger charge is 2.14. The number of nitrogens with zero attached hydrogens (tertiary/aromatic N) is 2. The Labute approximate surface area is 126 Å². The van der Waals surface area contributed by atoms with E-state index in [1.807, 2.05) is 30.3 Å². The van der Waals surface area contributed by atoms with Crippen LogP contribution in [-0.2, 0) is 6.42 Å². The van der Waals surface area contributed by atoms with Crippen molar-refractivity contribution in [2.24, 2.45) is 0 Å². The van der Waals surface area contributed by atoms with Crippen LogP contribution in [0.3, 0.4) is 0 Å². The summed E-state index contributed by atoms with van der Waals surface area (Å²) in [6.45, 7) is 0. The molecule has 21 heavy (non-hydrogen) atoms. The highest BCUT2D eigenvalue weighted by molar-refractivity contribution is 6.30. The van der Waals surface area contributed by atoms with Crippen molar-refractivity contribution in [1.82, 2.24) is 15.2 Å². The minimum absolute atomic E-state index is 0.464. The zero-order chi connectivity index (χ0) is 14.7. The molecule has 0 aliphatic carbocycles. The summed E-state index contributed by atoms with van der Waals surface area (Å²) in [5.41, 5.74) is 1.99. The first-order valence-corrected chi connectivity index (χ1v) is 6.97.